The molecule has 1 aromatic heterocycles. The maximum Gasteiger partial charge on any atom is 0.294 e. The van der Waals surface area contributed by atoms with Crippen LogP contribution in [0.25, 0.3) is 11.3 Å². The highest BCUT2D eigenvalue weighted by Gasteiger charge is 2.45. The Kier molecular flexibility index (Phi) is 5.38. The summed E-state index contributed by atoms with van der Waals surface area (Å²) >= 11 is 13.9. The maximum absolute atomic E-state index is 13.1. The van der Waals surface area contributed by atoms with Crippen LogP contribution in [0, 0.1) is 0 Å². The van der Waals surface area contributed by atoms with Crippen LogP contribution in [-0.2, 0) is 4.79 Å². The van der Waals surface area contributed by atoms with Crippen molar-refractivity contribution in [3.63, 3.8) is 0 Å². The molecule has 0 saturated carbocycles. The predicted octanol–water partition coefficient (Wildman–Crippen LogP) is 3.84. The summed E-state index contributed by atoms with van der Waals surface area (Å²) in [6, 6.07) is 12.3. The van der Waals surface area contributed by atoms with Gasteiger partial charge in [-0.15, -0.1) is 0 Å². The van der Waals surface area contributed by atoms with E-state index in [0.717, 1.165) is 0 Å². The third kappa shape index (κ3) is 3.33. The molecule has 0 N–H and O–H groups in total. The van der Waals surface area contributed by atoms with E-state index < -0.39 is 12.0 Å². The average Bonchev–Trinajstić information content (AvgIpc) is 2.72. The van der Waals surface area contributed by atoms with Crippen molar-refractivity contribution in [3.8, 4) is 17.1 Å². The topological polar surface area (TPSA) is 73.0 Å². The molecule has 0 aliphatic carbocycles. The first-order chi connectivity index (χ1) is 14.0. The van der Waals surface area contributed by atoms with Crippen LogP contribution in [0.5, 0.6) is 5.88 Å². The summed E-state index contributed by atoms with van der Waals surface area (Å²) in [5, 5.41) is 18.7. The molecule has 2 heterocycles. The molecule has 9 heteroatoms. The quantitative estimate of drug-likeness (QED) is 0.451. The number of anilines is 1. The minimum Gasteiger partial charge on any atom is -0.854 e. The Morgan fingerprint density at radius 3 is 2.72 bits per heavy atom. The molecule has 0 spiro atoms. The van der Waals surface area contributed by atoms with Crippen molar-refractivity contribution in [3.05, 3.63) is 58.1 Å². The van der Waals surface area contributed by atoms with Crippen LogP contribution >= 0.6 is 35.0 Å². The van der Waals surface area contributed by atoms with Gasteiger partial charge in [-0.2, -0.15) is 0 Å². The van der Waals surface area contributed by atoms with Crippen molar-refractivity contribution < 1.29 is 14.6 Å². The molecule has 6 nitrogen and oxygen atoms in total. The van der Waals surface area contributed by atoms with Crippen molar-refractivity contribution in [1.82, 2.24) is 10.1 Å². The molecular weight excluding hydrogens is 431 g/mol. The monoisotopic (exact) mass is 446 g/mol. The molecule has 29 heavy (non-hydrogen) atoms. The molecular formula is C20H16Cl2N4O2S. The molecule has 3 aromatic rings. The number of nitrogens with zero attached hydrogens (tertiary/aromatic N) is 4. The number of carbonyl (C=O) groups excluding carboxylic acids is 1. The fourth-order valence-electron chi connectivity index (χ4n) is 3.45. The molecule has 0 radical (unpaired) electrons. The standard InChI is InChI=1S/C20H16Cl2N4O2S/c1-3-16(27)25-15-7-5-4-6-13(15)17-18(28)23-20(29-2)24-26(17)19(25)12-9-8-11(21)10-14(12)22/h4-10,19H,3H2,1-2H3. The van der Waals surface area contributed by atoms with Crippen molar-refractivity contribution in [1.29, 1.82) is 0 Å². The van der Waals surface area contributed by atoms with Crippen molar-refractivity contribution in [2.24, 2.45) is 0 Å². The Balaban J connectivity index is 2.09. The summed E-state index contributed by atoms with van der Waals surface area (Å²) in [6.07, 6.45) is 1.33. The Morgan fingerprint density at radius 1 is 1.28 bits per heavy atom. The highest BCUT2D eigenvalue weighted by atomic mass is 35.5. The van der Waals surface area contributed by atoms with Crippen molar-refractivity contribution >= 4 is 46.6 Å². The van der Waals surface area contributed by atoms with Gasteiger partial charge >= 0.3 is 0 Å². The zero-order valence-electron chi connectivity index (χ0n) is 15.6. The number of rotatable bonds is 3. The van der Waals surface area contributed by atoms with Crippen LogP contribution in [-0.4, -0.2) is 22.2 Å². The van der Waals surface area contributed by atoms with E-state index in [9.17, 15) is 9.90 Å². The third-order valence-corrected chi connectivity index (χ3v) is 5.81. The zero-order valence-corrected chi connectivity index (χ0v) is 17.9. The van der Waals surface area contributed by atoms with Crippen molar-refractivity contribution in [2.75, 3.05) is 11.2 Å². The van der Waals surface area contributed by atoms with Crippen LogP contribution in [0.3, 0.4) is 0 Å². The van der Waals surface area contributed by atoms with Crippen LogP contribution in [0.1, 0.15) is 25.1 Å². The van der Waals surface area contributed by atoms with Gasteiger partial charge in [-0.25, -0.2) is 9.88 Å². The Bertz CT molecular complexity index is 1130. The number of halogens is 2. The summed E-state index contributed by atoms with van der Waals surface area (Å²) in [4.78, 5) is 18.8. The Hall–Kier alpha value is -2.35. The molecule has 0 fully saturated rings. The molecule has 148 valence electrons. The molecule has 1 atom stereocenters. The van der Waals surface area contributed by atoms with Crippen LogP contribution in [0.15, 0.2) is 47.6 Å². The highest BCUT2D eigenvalue weighted by molar-refractivity contribution is 7.98. The van der Waals surface area contributed by atoms with Crippen molar-refractivity contribution in [2.45, 2.75) is 24.7 Å². The lowest BCUT2D eigenvalue weighted by atomic mass is 10.0. The molecule has 0 saturated heterocycles. The van der Waals surface area contributed by atoms with E-state index >= 15 is 0 Å². The van der Waals surface area contributed by atoms with E-state index in [4.69, 9.17) is 23.2 Å². The Labute approximate surface area is 182 Å². The van der Waals surface area contributed by atoms with Crippen LogP contribution < -0.4 is 14.7 Å². The largest absolute Gasteiger partial charge is 0.854 e. The second kappa shape index (κ2) is 7.82. The van der Waals surface area contributed by atoms with E-state index in [2.05, 4.69) is 10.1 Å². The zero-order chi connectivity index (χ0) is 20.7. The van der Waals surface area contributed by atoms with E-state index in [-0.39, 0.29) is 12.3 Å². The van der Waals surface area contributed by atoms with E-state index in [1.807, 2.05) is 18.2 Å². The SMILES string of the molecule is CCC(=O)N1c2ccccc2-c2c([O-])nc(SC)n[n+]2C1c1ccc(Cl)cc1Cl. The van der Waals surface area contributed by atoms with Gasteiger partial charge in [-0.05, 0) is 36.6 Å². The number of para-hydroxylation sites is 1. The number of fused-ring (bicyclic) bond motifs is 3. The number of benzene rings is 2. The molecule has 1 amide bonds. The first-order valence-electron chi connectivity index (χ1n) is 8.87. The van der Waals surface area contributed by atoms with Gasteiger partial charge in [0.25, 0.3) is 17.0 Å². The summed E-state index contributed by atoms with van der Waals surface area (Å²) in [7, 11) is 0. The van der Waals surface area contributed by atoms with Gasteiger partial charge in [0, 0.05) is 16.5 Å². The average molecular weight is 447 g/mol. The number of hydrogen-bond donors (Lipinski definition) is 0. The lowest BCUT2D eigenvalue weighted by Gasteiger charge is -2.33. The molecule has 1 aliphatic heterocycles. The molecule has 4 rings (SSSR count). The predicted molar refractivity (Wildman–Crippen MR) is 111 cm³/mol. The fourth-order valence-corrected chi connectivity index (χ4v) is 4.30. The van der Waals surface area contributed by atoms with E-state index in [1.165, 1.54) is 11.8 Å². The summed E-state index contributed by atoms with van der Waals surface area (Å²) in [5.74, 6) is -0.529. The second-order valence-corrected chi connectivity index (χ2v) is 7.99. The fraction of sp³-hybridized carbons (Fsp3) is 0.200. The first-order valence-corrected chi connectivity index (χ1v) is 10.9. The minimum atomic E-state index is -0.737. The van der Waals surface area contributed by atoms with Gasteiger partial charge in [0.2, 0.25) is 5.91 Å². The number of carbonyl (C=O) groups is 1. The molecule has 1 aliphatic rings. The molecule has 0 bridgehead atoms. The number of aromatic nitrogens is 3. The van der Waals surface area contributed by atoms with E-state index in [0.29, 0.717) is 37.7 Å². The van der Waals surface area contributed by atoms with Gasteiger partial charge in [-0.3, -0.25) is 4.79 Å². The van der Waals surface area contributed by atoms with Crippen LogP contribution in [0.2, 0.25) is 10.0 Å². The number of thioether (sulfide) groups is 1. The lowest BCUT2D eigenvalue weighted by molar-refractivity contribution is -0.764. The van der Waals surface area contributed by atoms with Gasteiger partial charge in [0.15, 0.2) is 0 Å². The Morgan fingerprint density at radius 2 is 2.03 bits per heavy atom. The summed E-state index contributed by atoms with van der Waals surface area (Å²) < 4.78 is 1.55. The van der Waals surface area contributed by atoms with Gasteiger partial charge in [-0.1, -0.05) is 58.7 Å². The third-order valence-electron chi connectivity index (χ3n) is 4.71. The van der Waals surface area contributed by atoms with Gasteiger partial charge in [0.05, 0.1) is 27.7 Å². The first kappa shape index (κ1) is 19.9. The van der Waals surface area contributed by atoms with E-state index in [1.54, 1.807) is 47.0 Å². The van der Waals surface area contributed by atoms with Gasteiger partial charge in [0.1, 0.15) is 0 Å². The highest BCUT2D eigenvalue weighted by Crippen LogP contribution is 2.42. The molecule has 2 aromatic carbocycles. The van der Waals surface area contributed by atoms with Crippen LogP contribution in [0.4, 0.5) is 5.69 Å². The second-order valence-electron chi connectivity index (χ2n) is 6.37. The lowest BCUT2D eigenvalue weighted by Crippen LogP contribution is -2.59. The maximum atomic E-state index is 13.1. The number of hydrogen-bond acceptors (Lipinski definition) is 5. The molecule has 1 unspecified atom stereocenters. The smallest absolute Gasteiger partial charge is 0.294 e. The normalized spacial score (nSPS) is 15.0. The van der Waals surface area contributed by atoms with Gasteiger partial charge < -0.3 is 5.11 Å². The minimum absolute atomic E-state index is 0.122. The summed E-state index contributed by atoms with van der Waals surface area (Å²) in [5.41, 5.74) is 2.15. The number of amides is 1. The summed E-state index contributed by atoms with van der Waals surface area (Å²) in [6.45, 7) is 1.79.